The summed E-state index contributed by atoms with van der Waals surface area (Å²) in [6, 6.07) is 0. The van der Waals surface area contributed by atoms with Crippen LogP contribution in [0.25, 0.3) is 0 Å². The first-order valence-corrected chi connectivity index (χ1v) is 8.71. The molecular formula is C18H38. The SMILES string of the molecule is CCCCCC(CC(CC)CC)CC(CC)CC. The molecule has 0 aliphatic carbocycles. The van der Waals surface area contributed by atoms with Crippen molar-refractivity contribution in [2.24, 2.45) is 17.8 Å². The van der Waals surface area contributed by atoms with Crippen molar-refractivity contribution in [2.45, 2.75) is 98.8 Å². The Morgan fingerprint density at radius 3 is 1.33 bits per heavy atom. The summed E-state index contributed by atoms with van der Waals surface area (Å²) in [4.78, 5) is 0. The van der Waals surface area contributed by atoms with Gasteiger partial charge in [-0.3, -0.25) is 0 Å². The van der Waals surface area contributed by atoms with Crippen molar-refractivity contribution in [1.29, 1.82) is 0 Å². The van der Waals surface area contributed by atoms with Crippen LogP contribution < -0.4 is 0 Å². The highest BCUT2D eigenvalue weighted by Crippen LogP contribution is 2.30. The molecule has 0 nitrogen and oxygen atoms in total. The smallest absolute Gasteiger partial charge is 0.0409 e. The molecule has 0 spiro atoms. The zero-order valence-electron chi connectivity index (χ0n) is 13.8. The van der Waals surface area contributed by atoms with E-state index in [4.69, 9.17) is 0 Å². The molecule has 0 unspecified atom stereocenters. The molecule has 0 heterocycles. The Kier molecular flexibility index (Phi) is 12.1. The lowest BCUT2D eigenvalue weighted by Crippen LogP contribution is -2.13. The van der Waals surface area contributed by atoms with Crippen molar-refractivity contribution in [3.8, 4) is 0 Å². The van der Waals surface area contributed by atoms with E-state index < -0.39 is 0 Å². The molecule has 0 radical (unpaired) electrons. The second-order valence-corrected chi connectivity index (χ2v) is 6.20. The van der Waals surface area contributed by atoms with E-state index in [0.29, 0.717) is 0 Å². The fraction of sp³-hybridized carbons (Fsp3) is 1.00. The van der Waals surface area contributed by atoms with Crippen molar-refractivity contribution in [1.82, 2.24) is 0 Å². The molecule has 18 heavy (non-hydrogen) atoms. The van der Waals surface area contributed by atoms with Crippen LogP contribution in [-0.2, 0) is 0 Å². The van der Waals surface area contributed by atoms with Crippen molar-refractivity contribution in [3.63, 3.8) is 0 Å². The third kappa shape index (κ3) is 8.16. The second kappa shape index (κ2) is 12.1. The Hall–Kier alpha value is 0. The molecule has 0 aliphatic heterocycles. The average Bonchev–Trinajstić information content (AvgIpc) is 2.41. The van der Waals surface area contributed by atoms with Gasteiger partial charge in [0.05, 0.1) is 0 Å². The fourth-order valence-corrected chi connectivity index (χ4v) is 3.20. The van der Waals surface area contributed by atoms with E-state index in [1.807, 2.05) is 0 Å². The molecule has 0 rings (SSSR count). The van der Waals surface area contributed by atoms with Crippen molar-refractivity contribution < 1.29 is 0 Å². The van der Waals surface area contributed by atoms with Gasteiger partial charge in [-0.15, -0.1) is 0 Å². The lowest BCUT2D eigenvalue weighted by atomic mass is 9.81. The summed E-state index contributed by atoms with van der Waals surface area (Å²) in [5.41, 5.74) is 0. The van der Waals surface area contributed by atoms with Crippen LogP contribution in [-0.4, -0.2) is 0 Å². The lowest BCUT2D eigenvalue weighted by molar-refractivity contribution is 0.266. The summed E-state index contributed by atoms with van der Waals surface area (Å²) in [5.74, 6) is 2.96. The largest absolute Gasteiger partial charge is 0.0654 e. The molecular weight excluding hydrogens is 216 g/mol. The van der Waals surface area contributed by atoms with E-state index in [1.54, 1.807) is 0 Å². The Labute approximate surface area is 117 Å². The van der Waals surface area contributed by atoms with Crippen molar-refractivity contribution >= 4 is 0 Å². The Morgan fingerprint density at radius 2 is 1.00 bits per heavy atom. The first-order valence-electron chi connectivity index (χ1n) is 8.71. The average molecular weight is 255 g/mol. The molecule has 0 bridgehead atoms. The summed E-state index contributed by atoms with van der Waals surface area (Å²) in [6.07, 6.45) is 14.2. The predicted octanol–water partition coefficient (Wildman–Crippen LogP) is 6.84. The van der Waals surface area contributed by atoms with Gasteiger partial charge in [-0.1, -0.05) is 86.0 Å². The lowest BCUT2D eigenvalue weighted by Gasteiger charge is -2.25. The van der Waals surface area contributed by atoms with Crippen LogP contribution in [0.2, 0.25) is 0 Å². The van der Waals surface area contributed by atoms with Crippen molar-refractivity contribution in [3.05, 3.63) is 0 Å². The molecule has 0 fully saturated rings. The van der Waals surface area contributed by atoms with Crippen LogP contribution in [0.5, 0.6) is 0 Å². The van der Waals surface area contributed by atoms with E-state index in [0.717, 1.165) is 17.8 Å². The summed E-state index contributed by atoms with van der Waals surface area (Å²) in [5, 5.41) is 0. The zero-order valence-corrected chi connectivity index (χ0v) is 13.8. The number of rotatable bonds is 12. The number of unbranched alkanes of at least 4 members (excludes halogenated alkanes) is 2. The van der Waals surface area contributed by atoms with Crippen LogP contribution in [0.15, 0.2) is 0 Å². The van der Waals surface area contributed by atoms with Gasteiger partial charge in [-0.05, 0) is 30.6 Å². The molecule has 0 aromatic heterocycles. The van der Waals surface area contributed by atoms with Crippen LogP contribution in [0.1, 0.15) is 98.8 Å². The molecule has 110 valence electrons. The predicted molar refractivity (Wildman–Crippen MR) is 85.0 cm³/mol. The normalized spacial score (nSPS) is 12.0. The van der Waals surface area contributed by atoms with Gasteiger partial charge in [0.25, 0.3) is 0 Å². The third-order valence-corrected chi connectivity index (χ3v) is 4.86. The van der Waals surface area contributed by atoms with E-state index in [-0.39, 0.29) is 0 Å². The van der Waals surface area contributed by atoms with Crippen LogP contribution >= 0.6 is 0 Å². The number of hydrogen-bond donors (Lipinski definition) is 0. The second-order valence-electron chi connectivity index (χ2n) is 6.20. The highest BCUT2D eigenvalue weighted by Gasteiger charge is 2.17. The maximum Gasteiger partial charge on any atom is -0.0409 e. The molecule has 0 aromatic carbocycles. The van der Waals surface area contributed by atoms with Gasteiger partial charge in [0.2, 0.25) is 0 Å². The summed E-state index contributed by atoms with van der Waals surface area (Å²) in [6.45, 7) is 11.8. The fourth-order valence-electron chi connectivity index (χ4n) is 3.20. The van der Waals surface area contributed by atoms with Gasteiger partial charge in [0.15, 0.2) is 0 Å². The van der Waals surface area contributed by atoms with E-state index >= 15 is 0 Å². The van der Waals surface area contributed by atoms with Gasteiger partial charge in [0.1, 0.15) is 0 Å². The molecule has 0 saturated heterocycles. The van der Waals surface area contributed by atoms with E-state index in [2.05, 4.69) is 34.6 Å². The topological polar surface area (TPSA) is 0 Å². The minimum atomic E-state index is 0.978. The monoisotopic (exact) mass is 254 g/mol. The summed E-state index contributed by atoms with van der Waals surface area (Å²) < 4.78 is 0. The van der Waals surface area contributed by atoms with Gasteiger partial charge in [-0.25, -0.2) is 0 Å². The van der Waals surface area contributed by atoms with Gasteiger partial charge < -0.3 is 0 Å². The Bertz CT molecular complexity index is 139. The third-order valence-electron chi connectivity index (χ3n) is 4.86. The standard InChI is InChI=1S/C18H38/c1-6-11-12-13-18(14-16(7-2)8-3)15-17(9-4)10-5/h16-18H,6-15H2,1-5H3. The molecule has 0 saturated carbocycles. The van der Waals surface area contributed by atoms with Crippen LogP contribution in [0.3, 0.4) is 0 Å². The first-order chi connectivity index (χ1) is 8.71. The summed E-state index contributed by atoms with van der Waals surface area (Å²) in [7, 11) is 0. The maximum atomic E-state index is 2.37. The highest BCUT2D eigenvalue weighted by molar-refractivity contribution is 4.69. The molecule has 0 atom stereocenters. The highest BCUT2D eigenvalue weighted by atomic mass is 14.2. The quantitative estimate of drug-likeness (QED) is 0.335. The minimum Gasteiger partial charge on any atom is -0.0654 e. The minimum absolute atomic E-state index is 0.978. The first kappa shape index (κ1) is 18.0. The van der Waals surface area contributed by atoms with E-state index in [9.17, 15) is 0 Å². The number of hydrogen-bond acceptors (Lipinski definition) is 0. The molecule has 0 aromatic rings. The van der Waals surface area contributed by atoms with Crippen LogP contribution in [0, 0.1) is 17.8 Å². The Morgan fingerprint density at radius 1 is 0.556 bits per heavy atom. The van der Waals surface area contributed by atoms with Crippen LogP contribution in [0.4, 0.5) is 0 Å². The molecule has 0 heteroatoms. The van der Waals surface area contributed by atoms with Gasteiger partial charge in [-0.2, -0.15) is 0 Å². The van der Waals surface area contributed by atoms with E-state index in [1.165, 1.54) is 64.2 Å². The zero-order chi connectivity index (χ0) is 13.8. The van der Waals surface area contributed by atoms with Crippen molar-refractivity contribution in [2.75, 3.05) is 0 Å². The molecule has 0 N–H and O–H groups in total. The Balaban J connectivity index is 4.21. The molecule has 0 aliphatic rings. The van der Waals surface area contributed by atoms with Gasteiger partial charge >= 0.3 is 0 Å². The summed E-state index contributed by atoms with van der Waals surface area (Å²) >= 11 is 0. The molecule has 0 amide bonds. The van der Waals surface area contributed by atoms with Gasteiger partial charge in [0, 0.05) is 0 Å². The maximum absolute atomic E-state index is 2.37.